The molecule has 0 atom stereocenters. The van der Waals surface area contributed by atoms with E-state index in [1.807, 2.05) is 0 Å². The molecule has 7 nitrogen and oxygen atoms in total. The molecule has 2 aromatic carbocycles. The predicted molar refractivity (Wildman–Crippen MR) is 88.3 cm³/mol. The van der Waals surface area contributed by atoms with E-state index in [1.165, 1.54) is 32.4 Å². The quantitative estimate of drug-likeness (QED) is 0.743. The molecule has 0 fully saturated rings. The van der Waals surface area contributed by atoms with Crippen molar-refractivity contribution in [3.63, 3.8) is 0 Å². The molecular weight excluding hydrogens is 391 g/mol. The zero-order valence-electron chi connectivity index (χ0n) is 14.0. The number of carbonyl (C=O) groups is 1. The molecule has 0 aliphatic carbocycles. The number of anilines is 1. The Bertz CT molecular complexity index is 926. The summed E-state index contributed by atoms with van der Waals surface area (Å²) >= 11 is 0. The Morgan fingerprint density at radius 1 is 1.04 bits per heavy atom. The second kappa shape index (κ2) is 7.74. The molecule has 0 saturated carbocycles. The van der Waals surface area contributed by atoms with Crippen LogP contribution in [0.15, 0.2) is 47.4 Å². The zero-order chi connectivity index (χ0) is 20.2. The van der Waals surface area contributed by atoms with Crippen molar-refractivity contribution in [1.82, 2.24) is 0 Å². The minimum atomic E-state index is -4.88. The third-order valence-corrected chi connectivity index (χ3v) is 4.62. The number of sulfonamides is 1. The van der Waals surface area contributed by atoms with Gasteiger partial charge in [-0.1, -0.05) is 0 Å². The van der Waals surface area contributed by atoms with Crippen molar-refractivity contribution in [2.75, 3.05) is 18.9 Å². The summed E-state index contributed by atoms with van der Waals surface area (Å²) in [6.45, 7) is 0. The highest BCUT2D eigenvalue weighted by molar-refractivity contribution is 7.92. The van der Waals surface area contributed by atoms with Crippen molar-refractivity contribution in [3.05, 3.63) is 48.0 Å². The van der Waals surface area contributed by atoms with Gasteiger partial charge < -0.3 is 14.2 Å². The van der Waals surface area contributed by atoms with Crippen LogP contribution >= 0.6 is 0 Å². The summed E-state index contributed by atoms with van der Waals surface area (Å²) in [4.78, 5) is 11.3. The molecule has 11 heteroatoms. The third kappa shape index (κ3) is 5.26. The monoisotopic (exact) mass is 405 g/mol. The lowest BCUT2D eigenvalue weighted by molar-refractivity contribution is -0.274. The van der Waals surface area contributed by atoms with Crippen LogP contribution < -0.4 is 14.2 Å². The van der Waals surface area contributed by atoms with Gasteiger partial charge in [-0.05, 0) is 36.4 Å². The van der Waals surface area contributed by atoms with Crippen molar-refractivity contribution >= 4 is 21.7 Å². The Morgan fingerprint density at radius 2 is 1.67 bits per heavy atom. The van der Waals surface area contributed by atoms with Crippen LogP contribution in [0.4, 0.5) is 18.9 Å². The second-order valence-corrected chi connectivity index (χ2v) is 6.71. The van der Waals surface area contributed by atoms with Crippen LogP contribution in [0.3, 0.4) is 0 Å². The number of carbonyl (C=O) groups excluding carboxylic acids is 1. The zero-order valence-corrected chi connectivity index (χ0v) is 14.8. The van der Waals surface area contributed by atoms with E-state index in [4.69, 9.17) is 4.74 Å². The van der Waals surface area contributed by atoms with E-state index in [2.05, 4.69) is 14.2 Å². The van der Waals surface area contributed by atoms with Gasteiger partial charge in [-0.2, -0.15) is 0 Å². The molecule has 2 rings (SSSR count). The number of hydrogen-bond donors (Lipinski definition) is 1. The standard InChI is InChI=1S/C16H14F3NO6S/c1-24-14-9-10(3-8-13(14)15(21)25-2)20-27(22,23)12-6-4-11(5-7-12)26-16(17,18)19/h3-9,20H,1-2H3. The van der Waals surface area contributed by atoms with E-state index < -0.39 is 28.1 Å². The van der Waals surface area contributed by atoms with Gasteiger partial charge in [0.1, 0.15) is 17.1 Å². The third-order valence-electron chi connectivity index (χ3n) is 3.23. The van der Waals surface area contributed by atoms with Crippen LogP contribution in [0.2, 0.25) is 0 Å². The minimum Gasteiger partial charge on any atom is -0.496 e. The number of halogens is 3. The maximum absolute atomic E-state index is 12.4. The molecule has 27 heavy (non-hydrogen) atoms. The van der Waals surface area contributed by atoms with Gasteiger partial charge in [-0.15, -0.1) is 13.2 Å². The summed E-state index contributed by atoms with van der Waals surface area (Å²) in [6, 6.07) is 7.57. The maximum atomic E-state index is 12.4. The normalized spacial score (nSPS) is 11.6. The first-order chi connectivity index (χ1) is 12.6. The van der Waals surface area contributed by atoms with Gasteiger partial charge in [0.2, 0.25) is 0 Å². The largest absolute Gasteiger partial charge is 0.573 e. The highest BCUT2D eigenvalue weighted by Gasteiger charge is 2.31. The summed E-state index contributed by atoms with van der Waals surface area (Å²) in [6.07, 6.45) is -4.88. The molecule has 0 unspecified atom stereocenters. The topological polar surface area (TPSA) is 90.9 Å². The highest BCUT2D eigenvalue weighted by Crippen LogP contribution is 2.27. The van der Waals surface area contributed by atoms with Crippen LogP contribution in [0, 0.1) is 0 Å². The molecule has 146 valence electrons. The fraction of sp³-hybridized carbons (Fsp3) is 0.188. The second-order valence-electron chi connectivity index (χ2n) is 5.03. The molecule has 0 radical (unpaired) electrons. The van der Waals surface area contributed by atoms with E-state index in [0.717, 1.165) is 24.3 Å². The van der Waals surface area contributed by atoms with Gasteiger partial charge in [-0.3, -0.25) is 4.72 Å². The fourth-order valence-corrected chi connectivity index (χ4v) is 3.12. The lowest BCUT2D eigenvalue weighted by Gasteiger charge is -2.12. The molecule has 0 aromatic heterocycles. The fourth-order valence-electron chi connectivity index (χ4n) is 2.07. The van der Waals surface area contributed by atoms with Crippen molar-refractivity contribution < 1.29 is 40.6 Å². The predicted octanol–water partition coefficient (Wildman–Crippen LogP) is 3.18. The Kier molecular flexibility index (Phi) is 5.84. The highest BCUT2D eigenvalue weighted by atomic mass is 32.2. The molecule has 0 bridgehead atoms. The van der Waals surface area contributed by atoms with Gasteiger partial charge >= 0.3 is 12.3 Å². The van der Waals surface area contributed by atoms with Gasteiger partial charge in [-0.25, -0.2) is 13.2 Å². The van der Waals surface area contributed by atoms with Crippen LogP contribution in [0.25, 0.3) is 0 Å². The van der Waals surface area contributed by atoms with Crippen LogP contribution in [0.5, 0.6) is 11.5 Å². The maximum Gasteiger partial charge on any atom is 0.573 e. The van der Waals surface area contributed by atoms with E-state index in [1.54, 1.807) is 0 Å². The van der Waals surface area contributed by atoms with Crippen molar-refractivity contribution in [3.8, 4) is 11.5 Å². The molecule has 0 aliphatic heterocycles. The van der Waals surface area contributed by atoms with E-state index >= 15 is 0 Å². The van der Waals surface area contributed by atoms with Gasteiger partial charge in [0.25, 0.3) is 10.0 Å². The average molecular weight is 405 g/mol. The number of methoxy groups -OCH3 is 2. The number of esters is 1. The molecule has 0 saturated heterocycles. The lowest BCUT2D eigenvalue weighted by atomic mass is 10.2. The van der Waals surface area contributed by atoms with Crippen LogP contribution in [-0.2, 0) is 14.8 Å². The molecule has 0 heterocycles. The Balaban J connectivity index is 2.24. The molecule has 0 spiro atoms. The molecule has 2 aromatic rings. The summed E-state index contributed by atoms with van der Waals surface area (Å²) < 4.78 is 76.7. The first-order valence-electron chi connectivity index (χ1n) is 7.21. The lowest BCUT2D eigenvalue weighted by Crippen LogP contribution is -2.17. The van der Waals surface area contributed by atoms with Gasteiger partial charge in [0, 0.05) is 6.07 Å². The van der Waals surface area contributed by atoms with Crippen molar-refractivity contribution in [1.29, 1.82) is 0 Å². The first kappa shape index (κ1) is 20.4. The number of benzene rings is 2. The van der Waals surface area contributed by atoms with Crippen molar-refractivity contribution in [2.45, 2.75) is 11.3 Å². The Morgan fingerprint density at radius 3 is 2.19 bits per heavy atom. The molecule has 0 amide bonds. The van der Waals surface area contributed by atoms with E-state index in [9.17, 15) is 26.4 Å². The van der Waals surface area contributed by atoms with Crippen LogP contribution in [0.1, 0.15) is 10.4 Å². The first-order valence-corrected chi connectivity index (χ1v) is 8.69. The summed E-state index contributed by atoms with van der Waals surface area (Å²) in [5.41, 5.74) is 0.173. The minimum absolute atomic E-state index is 0.0788. The summed E-state index contributed by atoms with van der Waals surface area (Å²) in [5, 5.41) is 0. The SMILES string of the molecule is COC(=O)c1ccc(NS(=O)(=O)c2ccc(OC(F)(F)F)cc2)cc1OC. The van der Waals surface area contributed by atoms with E-state index in [-0.39, 0.29) is 21.9 Å². The number of hydrogen-bond acceptors (Lipinski definition) is 6. The van der Waals surface area contributed by atoms with Crippen molar-refractivity contribution in [2.24, 2.45) is 0 Å². The number of alkyl halides is 3. The summed E-state index contributed by atoms with van der Waals surface area (Å²) in [7, 11) is -1.62. The van der Waals surface area contributed by atoms with E-state index in [0.29, 0.717) is 0 Å². The van der Waals surface area contributed by atoms with Gasteiger partial charge in [0.05, 0.1) is 24.8 Å². The number of rotatable bonds is 6. The Hall–Kier alpha value is -2.95. The Labute approximate surface area is 152 Å². The molecule has 0 aliphatic rings. The molecular formula is C16H14F3NO6S. The number of nitrogens with one attached hydrogen (secondary N) is 1. The van der Waals surface area contributed by atoms with Gasteiger partial charge in [0.15, 0.2) is 0 Å². The number of ether oxygens (including phenoxy) is 3. The summed E-state index contributed by atoms with van der Waals surface area (Å²) in [5.74, 6) is -1.14. The van der Waals surface area contributed by atoms with Crippen LogP contribution in [-0.4, -0.2) is 35.0 Å². The average Bonchev–Trinajstić information content (AvgIpc) is 2.59. The smallest absolute Gasteiger partial charge is 0.496 e. The molecule has 1 N–H and O–H groups in total.